The highest BCUT2D eigenvalue weighted by atomic mass is 19.2. The minimum atomic E-state index is -1.07. The average Bonchev–Trinajstić information content (AvgIpc) is 2.89. The quantitative estimate of drug-likeness (QED) is 0.511. The minimum Gasteiger partial charge on any atom is -0.352 e. The number of benzene rings is 2. The summed E-state index contributed by atoms with van der Waals surface area (Å²) in [7, 11) is 0. The van der Waals surface area contributed by atoms with Gasteiger partial charge in [-0.05, 0) is 62.7 Å². The van der Waals surface area contributed by atoms with Gasteiger partial charge in [-0.3, -0.25) is 4.79 Å². The molecule has 3 amide bonds. The lowest BCUT2D eigenvalue weighted by Gasteiger charge is -2.37. The number of hydrogen-bond donors (Lipinski definition) is 3. The molecular weight excluding hydrogens is 471 g/mol. The van der Waals surface area contributed by atoms with E-state index in [0.29, 0.717) is 51.0 Å². The van der Waals surface area contributed by atoms with Gasteiger partial charge in [0.1, 0.15) is 5.82 Å². The van der Waals surface area contributed by atoms with Crippen LogP contribution >= 0.6 is 0 Å². The van der Waals surface area contributed by atoms with Gasteiger partial charge < -0.3 is 20.9 Å². The highest BCUT2D eigenvalue weighted by Gasteiger charge is 2.38. The second-order valence-corrected chi connectivity index (χ2v) is 8.95. The Labute approximate surface area is 207 Å². The number of nitrogens with one attached hydrogen (secondary N) is 3. The van der Waals surface area contributed by atoms with E-state index in [2.05, 4.69) is 26.9 Å². The highest BCUT2D eigenvalue weighted by Crippen LogP contribution is 2.36. The minimum absolute atomic E-state index is 0.169. The van der Waals surface area contributed by atoms with E-state index < -0.39 is 35.0 Å². The number of nitriles is 1. The standard InChI is InChI=1S/C26H26F3N5O2/c27-20-5-2-1-4-19(20)26(16-30)8-12-34(13-9-26)11-3-10-31-24(35)18-15-32-25(36)33-23(18)17-6-7-21(28)22(29)14-17/h1-2,4-7,14-15,23H,3,8-13H2,(H,31,35)(H2,32,33,36). The van der Waals surface area contributed by atoms with E-state index in [0.717, 1.165) is 12.1 Å². The van der Waals surface area contributed by atoms with E-state index >= 15 is 0 Å². The van der Waals surface area contributed by atoms with Crippen molar-refractivity contribution in [3.8, 4) is 6.07 Å². The molecule has 0 bridgehead atoms. The van der Waals surface area contributed by atoms with E-state index in [9.17, 15) is 28.0 Å². The largest absolute Gasteiger partial charge is 0.352 e. The van der Waals surface area contributed by atoms with E-state index in [1.165, 1.54) is 18.3 Å². The summed E-state index contributed by atoms with van der Waals surface area (Å²) >= 11 is 0. The van der Waals surface area contributed by atoms with Crippen LogP contribution in [0.2, 0.25) is 0 Å². The van der Waals surface area contributed by atoms with Gasteiger partial charge >= 0.3 is 6.03 Å². The van der Waals surface area contributed by atoms with Gasteiger partial charge in [0.05, 0.1) is 23.1 Å². The number of carbonyl (C=O) groups is 2. The van der Waals surface area contributed by atoms with Crippen LogP contribution in [0.5, 0.6) is 0 Å². The van der Waals surface area contributed by atoms with Crippen molar-refractivity contribution >= 4 is 11.9 Å². The fourth-order valence-electron chi connectivity index (χ4n) is 4.68. The normalized spacial score (nSPS) is 19.4. The summed E-state index contributed by atoms with van der Waals surface area (Å²) in [5, 5.41) is 17.6. The number of amides is 3. The lowest BCUT2D eigenvalue weighted by atomic mass is 9.74. The van der Waals surface area contributed by atoms with Crippen LogP contribution in [0.3, 0.4) is 0 Å². The third-order valence-electron chi connectivity index (χ3n) is 6.73. The number of urea groups is 1. The van der Waals surface area contributed by atoms with Gasteiger partial charge in [-0.2, -0.15) is 5.26 Å². The van der Waals surface area contributed by atoms with Gasteiger partial charge in [0, 0.05) is 18.3 Å². The number of nitrogens with zero attached hydrogens (tertiary/aromatic N) is 2. The molecule has 0 radical (unpaired) electrons. The monoisotopic (exact) mass is 497 g/mol. The molecule has 4 rings (SSSR count). The molecule has 1 saturated heterocycles. The maximum absolute atomic E-state index is 14.3. The molecule has 2 heterocycles. The lowest BCUT2D eigenvalue weighted by molar-refractivity contribution is -0.117. The Hall–Kier alpha value is -3.84. The average molecular weight is 498 g/mol. The summed E-state index contributed by atoms with van der Waals surface area (Å²) in [4.78, 5) is 26.7. The van der Waals surface area contributed by atoms with Gasteiger partial charge in [-0.15, -0.1) is 0 Å². The molecule has 0 saturated carbocycles. The van der Waals surface area contributed by atoms with Crippen molar-refractivity contribution in [1.82, 2.24) is 20.9 Å². The fraction of sp³-hybridized carbons (Fsp3) is 0.346. The van der Waals surface area contributed by atoms with Crippen molar-refractivity contribution < 1.29 is 22.8 Å². The Balaban J connectivity index is 1.29. The van der Waals surface area contributed by atoms with Crippen molar-refractivity contribution in [2.75, 3.05) is 26.2 Å². The van der Waals surface area contributed by atoms with E-state index in [1.807, 2.05) is 0 Å². The number of piperidine rings is 1. The van der Waals surface area contributed by atoms with Crippen LogP contribution in [0, 0.1) is 28.8 Å². The van der Waals surface area contributed by atoms with Crippen LogP contribution in [0.15, 0.2) is 54.2 Å². The Morgan fingerprint density at radius 2 is 1.86 bits per heavy atom. The third-order valence-corrected chi connectivity index (χ3v) is 6.73. The number of halogens is 3. The molecule has 1 unspecified atom stereocenters. The number of hydrogen-bond acceptors (Lipinski definition) is 4. The molecule has 10 heteroatoms. The topological polar surface area (TPSA) is 97.3 Å². The summed E-state index contributed by atoms with van der Waals surface area (Å²) in [5.41, 5.74) is 0.0171. The summed E-state index contributed by atoms with van der Waals surface area (Å²) in [5.74, 6) is -2.90. The molecule has 1 atom stereocenters. The molecular formula is C26H26F3N5O2. The molecule has 2 aliphatic heterocycles. The van der Waals surface area contributed by atoms with Crippen molar-refractivity contribution in [3.05, 3.63) is 82.8 Å². The van der Waals surface area contributed by atoms with Gasteiger partial charge in [0.25, 0.3) is 5.91 Å². The van der Waals surface area contributed by atoms with Crippen LogP contribution in [0.4, 0.5) is 18.0 Å². The molecule has 2 aromatic carbocycles. The molecule has 0 aliphatic carbocycles. The first kappa shape index (κ1) is 25.3. The molecule has 3 N–H and O–H groups in total. The second kappa shape index (κ2) is 10.8. The maximum Gasteiger partial charge on any atom is 0.319 e. The summed E-state index contributed by atoms with van der Waals surface area (Å²) in [6.45, 7) is 2.30. The summed E-state index contributed by atoms with van der Waals surface area (Å²) in [6.07, 6.45) is 2.93. The molecule has 188 valence electrons. The van der Waals surface area contributed by atoms with E-state index in [1.54, 1.807) is 18.2 Å². The second-order valence-electron chi connectivity index (χ2n) is 8.95. The van der Waals surface area contributed by atoms with Crippen molar-refractivity contribution in [2.24, 2.45) is 0 Å². The van der Waals surface area contributed by atoms with E-state index in [-0.39, 0.29) is 17.0 Å². The Morgan fingerprint density at radius 3 is 2.56 bits per heavy atom. The van der Waals surface area contributed by atoms with Gasteiger partial charge in [0.2, 0.25) is 0 Å². The Kier molecular flexibility index (Phi) is 7.60. The first-order valence-electron chi connectivity index (χ1n) is 11.7. The molecule has 36 heavy (non-hydrogen) atoms. The zero-order valence-corrected chi connectivity index (χ0v) is 19.5. The predicted molar refractivity (Wildman–Crippen MR) is 126 cm³/mol. The number of rotatable bonds is 7. The zero-order valence-electron chi connectivity index (χ0n) is 19.5. The van der Waals surface area contributed by atoms with Crippen molar-refractivity contribution in [3.63, 3.8) is 0 Å². The third kappa shape index (κ3) is 5.36. The van der Waals surface area contributed by atoms with Crippen molar-refractivity contribution in [1.29, 1.82) is 5.26 Å². The van der Waals surface area contributed by atoms with E-state index in [4.69, 9.17) is 0 Å². The van der Waals surface area contributed by atoms with Crippen LogP contribution < -0.4 is 16.0 Å². The fourth-order valence-corrected chi connectivity index (χ4v) is 4.68. The molecule has 2 aromatic rings. The first-order valence-corrected chi connectivity index (χ1v) is 11.7. The Bertz CT molecular complexity index is 1220. The first-order chi connectivity index (χ1) is 17.3. The van der Waals surface area contributed by atoms with Gasteiger partial charge in [-0.25, -0.2) is 18.0 Å². The number of carbonyl (C=O) groups excluding carboxylic acids is 2. The van der Waals surface area contributed by atoms with Gasteiger partial charge in [-0.1, -0.05) is 24.3 Å². The Morgan fingerprint density at radius 1 is 1.11 bits per heavy atom. The molecule has 1 fully saturated rings. The molecule has 0 spiro atoms. The molecule has 2 aliphatic rings. The smallest absolute Gasteiger partial charge is 0.319 e. The van der Waals surface area contributed by atoms with Crippen LogP contribution in [-0.2, 0) is 10.2 Å². The molecule has 0 aromatic heterocycles. The SMILES string of the molecule is N#CC1(c2ccccc2F)CCN(CCCNC(=O)C2=CNC(=O)NC2c2ccc(F)c(F)c2)CC1. The van der Waals surface area contributed by atoms with Crippen LogP contribution in [0.1, 0.15) is 36.4 Å². The summed E-state index contributed by atoms with van der Waals surface area (Å²) < 4.78 is 41.3. The van der Waals surface area contributed by atoms with Gasteiger partial charge in [0.15, 0.2) is 11.6 Å². The lowest BCUT2D eigenvalue weighted by Crippen LogP contribution is -2.45. The van der Waals surface area contributed by atoms with Crippen LogP contribution in [-0.4, -0.2) is 43.0 Å². The molecule has 7 nitrogen and oxygen atoms in total. The zero-order chi connectivity index (χ0) is 25.7. The highest BCUT2D eigenvalue weighted by molar-refractivity contribution is 5.97. The predicted octanol–water partition coefficient (Wildman–Crippen LogP) is 3.41. The maximum atomic E-state index is 14.3. The summed E-state index contributed by atoms with van der Waals surface area (Å²) in [6, 6.07) is 10.5. The van der Waals surface area contributed by atoms with Crippen molar-refractivity contribution in [2.45, 2.75) is 30.7 Å². The number of likely N-dealkylation sites (tertiary alicyclic amines) is 1. The van der Waals surface area contributed by atoms with Crippen LogP contribution in [0.25, 0.3) is 0 Å².